The SMILES string of the molecule is COc1ccc(C(NN)c2cncc(C)c2)c(OC)c1. The van der Waals surface area contributed by atoms with E-state index in [1.54, 1.807) is 20.4 Å². The average molecular weight is 273 g/mol. The Balaban J connectivity index is 2.46. The summed E-state index contributed by atoms with van der Waals surface area (Å²) in [7, 11) is 3.25. The highest BCUT2D eigenvalue weighted by Gasteiger charge is 2.18. The first-order valence-electron chi connectivity index (χ1n) is 6.29. The lowest BCUT2D eigenvalue weighted by molar-refractivity contribution is 0.387. The Labute approximate surface area is 118 Å². The maximum Gasteiger partial charge on any atom is 0.127 e. The van der Waals surface area contributed by atoms with Crippen LogP contribution in [0.4, 0.5) is 0 Å². The number of nitrogens with one attached hydrogen (secondary N) is 1. The first-order chi connectivity index (χ1) is 9.69. The summed E-state index contributed by atoms with van der Waals surface area (Å²) in [5.41, 5.74) is 5.81. The zero-order valence-electron chi connectivity index (χ0n) is 11.9. The lowest BCUT2D eigenvalue weighted by atomic mass is 9.98. The molecule has 3 N–H and O–H groups in total. The van der Waals surface area contributed by atoms with E-state index in [-0.39, 0.29) is 6.04 Å². The van der Waals surface area contributed by atoms with E-state index in [1.807, 2.05) is 37.4 Å². The van der Waals surface area contributed by atoms with Gasteiger partial charge in [0.05, 0.1) is 20.3 Å². The van der Waals surface area contributed by atoms with E-state index < -0.39 is 0 Å². The molecule has 0 aliphatic rings. The van der Waals surface area contributed by atoms with Crippen molar-refractivity contribution >= 4 is 0 Å². The van der Waals surface area contributed by atoms with Crippen LogP contribution in [0.5, 0.6) is 11.5 Å². The number of nitrogens with zero attached hydrogens (tertiary/aromatic N) is 1. The Hall–Kier alpha value is -2.11. The lowest BCUT2D eigenvalue weighted by Gasteiger charge is -2.20. The van der Waals surface area contributed by atoms with Crippen LogP contribution >= 0.6 is 0 Å². The summed E-state index contributed by atoms with van der Waals surface area (Å²) >= 11 is 0. The van der Waals surface area contributed by atoms with Crippen molar-refractivity contribution in [3.05, 3.63) is 53.3 Å². The molecule has 2 rings (SSSR count). The zero-order valence-corrected chi connectivity index (χ0v) is 11.9. The molecule has 1 aromatic heterocycles. The molecule has 0 aliphatic carbocycles. The highest BCUT2D eigenvalue weighted by atomic mass is 16.5. The Kier molecular flexibility index (Phi) is 4.55. The van der Waals surface area contributed by atoms with Gasteiger partial charge >= 0.3 is 0 Å². The topological polar surface area (TPSA) is 69.4 Å². The number of aryl methyl sites for hydroxylation is 1. The van der Waals surface area contributed by atoms with Crippen LogP contribution in [0.15, 0.2) is 36.7 Å². The van der Waals surface area contributed by atoms with E-state index >= 15 is 0 Å². The fraction of sp³-hybridized carbons (Fsp3) is 0.267. The minimum atomic E-state index is -0.191. The van der Waals surface area contributed by atoms with Crippen LogP contribution < -0.4 is 20.7 Å². The molecular formula is C15H19N3O2. The van der Waals surface area contributed by atoms with Gasteiger partial charge in [-0.2, -0.15) is 0 Å². The lowest BCUT2D eigenvalue weighted by Crippen LogP contribution is -2.29. The van der Waals surface area contributed by atoms with E-state index in [2.05, 4.69) is 10.4 Å². The number of methoxy groups -OCH3 is 2. The molecule has 20 heavy (non-hydrogen) atoms. The van der Waals surface area contributed by atoms with Gasteiger partial charge in [0.1, 0.15) is 11.5 Å². The van der Waals surface area contributed by atoms with Crippen LogP contribution in [0.3, 0.4) is 0 Å². The van der Waals surface area contributed by atoms with Crippen LogP contribution in [-0.2, 0) is 0 Å². The first kappa shape index (κ1) is 14.3. The first-order valence-corrected chi connectivity index (χ1v) is 6.29. The molecule has 2 aromatic rings. The number of pyridine rings is 1. The molecule has 5 nitrogen and oxygen atoms in total. The molecule has 1 heterocycles. The number of hydrogen-bond acceptors (Lipinski definition) is 5. The van der Waals surface area contributed by atoms with Crippen LogP contribution in [0.25, 0.3) is 0 Å². The molecule has 0 amide bonds. The summed E-state index contributed by atoms with van der Waals surface area (Å²) in [4.78, 5) is 4.21. The number of ether oxygens (including phenoxy) is 2. The number of hydrazine groups is 1. The van der Waals surface area contributed by atoms with Crippen LogP contribution in [-0.4, -0.2) is 19.2 Å². The normalized spacial score (nSPS) is 12.0. The third-order valence-corrected chi connectivity index (χ3v) is 3.15. The molecule has 0 saturated heterocycles. The summed E-state index contributed by atoms with van der Waals surface area (Å²) < 4.78 is 10.6. The standard InChI is InChI=1S/C15H19N3O2/c1-10-6-11(9-17-8-10)15(18-16)13-5-4-12(19-2)7-14(13)20-3/h4-9,15,18H,16H2,1-3H3. The Morgan fingerprint density at radius 3 is 2.55 bits per heavy atom. The van der Waals surface area contributed by atoms with Gasteiger partial charge in [-0.05, 0) is 30.2 Å². The second-order valence-corrected chi connectivity index (χ2v) is 4.50. The van der Waals surface area contributed by atoms with Gasteiger partial charge < -0.3 is 9.47 Å². The van der Waals surface area contributed by atoms with Gasteiger partial charge in [-0.15, -0.1) is 0 Å². The number of rotatable bonds is 5. The highest BCUT2D eigenvalue weighted by Crippen LogP contribution is 2.32. The van der Waals surface area contributed by atoms with Gasteiger partial charge in [0.25, 0.3) is 0 Å². The number of aromatic nitrogens is 1. The second-order valence-electron chi connectivity index (χ2n) is 4.50. The van der Waals surface area contributed by atoms with Gasteiger partial charge in [-0.3, -0.25) is 10.8 Å². The highest BCUT2D eigenvalue weighted by molar-refractivity contribution is 5.46. The Bertz CT molecular complexity index is 587. The largest absolute Gasteiger partial charge is 0.497 e. The van der Waals surface area contributed by atoms with Crippen molar-refractivity contribution in [2.45, 2.75) is 13.0 Å². The van der Waals surface area contributed by atoms with Crippen molar-refractivity contribution in [3.63, 3.8) is 0 Å². The van der Waals surface area contributed by atoms with Gasteiger partial charge in [0.15, 0.2) is 0 Å². The molecule has 5 heteroatoms. The molecule has 0 radical (unpaired) electrons. The molecule has 1 atom stereocenters. The summed E-state index contributed by atoms with van der Waals surface area (Å²) in [6.07, 6.45) is 3.60. The molecule has 0 aliphatic heterocycles. The van der Waals surface area contributed by atoms with Crippen molar-refractivity contribution in [2.24, 2.45) is 5.84 Å². The van der Waals surface area contributed by atoms with Crippen molar-refractivity contribution in [2.75, 3.05) is 14.2 Å². The Morgan fingerprint density at radius 2 is 1.95 bits per heavy atom. The van der Waals surface area contributed by atoms with E-state index in [9.17, 15) is 0 Å². The fourth-order valence-electron chi connectivity index (χ4n) is 2.16. The van der Waals surface area contributed by atoms with E-state index in [0.717, 1.165) is 22.4 Å². The second kappa shape index (κ2) is 6.36. The van der Waals surface area contributed by atoms with Gasteiger partial charge in [0, 0.05) is 24.0 Å². The smallest absolute Gasteiger partial charge is 0.127 e. The monoisotopic (exact) mass is 273 g/mol. The van der Waals surface area contributed by atoms with Crippen LogP contribution in [0, 0.1) is 6.92 Å². The predicted octanol–water partition coefficient (Wildman–Crippen LogP) is 1.96. The summed E-state index contributed by atoms with van der Waals surface area (Å²) in [5, 5.41) is 0. The average Bonchev–Trinajstić information content (AvgIpc) is 2.48. The quantitative estimate of drug-likeness (QED) is 0.644. The van der Waals surface area contributed by atoms with Gasteiger partial charge in [-0.1, -0.05) is 6.07 Å². The summed E-state index contributed by atoms with van der Waals surface area (Å²) in [5.74, 6) is 7.17. The molecule has 0 bridgehead atoms. The van der Waals surface area contributed by atoms with Crippen molar-refractivity contribution < 1.29 is 9.47 Å². The van der Waals surface area contributed by atoms with Gasteiger partial charge in [0.2, 0.25) is 0 Å². The van der Waals surface area contributed by atoms with E-state index in [4.69, 9.17) is 15.3 Å². The van der Waals surface area contributed by atoms with E-state index in [0.29, 0.717) is 5.75 Å². The molecular weight excluding hydrogens is 254 g/mol. The minimum Gasteiger partial charge on any atom is -0.497 e. The van der Waals surface area contributed by atoms with E-state index in [1.165, 1.54) is 0 Å². The molecule has 1 aromatic carbocycles. The van der Waals surface area contributed by atoms with Crippen molar-refractivity contribution in [1.29, 1.82) is 0 Å². The number of benzene rings is 1. The maximum atomic E-state index is 5.72. The molecule has 0 spiro atoms. The number of hydrogen-bond donors (Lipinski definition) is 2. The molecule has 1 unspecified atom stereocenters. The summed E-state index contributed by atoms with van der Waals surface area (Å²) in [6, 6.07) is 7.50. The Morgan fingerprint density at radius 1 is 1.15 bits per heavy atom. The zero-order chi connectivity index (χ0) is 14.5. The maximum absolute atomic E-state index is 5.72. The third kappa shape index (κ3) is 2.89. The van der Waals surface area contributed by atoms with Gasteiger partial charge in [-0.25, -0.2) is 5.43 Å². The molecule has 0 saturated carbocycles. The third-order valence-electron chi connectivity index (χ3n) is 3.15. The predicted molar refractivity (Wildman–Crippen MR) is 77.7 cm³/mol. The summed E-state index contributed by atoms with van der Waals surface area (Å²) in [6.45, 7) is 2.00. The molecule has 106 valence electrons. The van der Waals surface area contributed by atoms with Crippen molar-refractivity contribution in [3.8, 4) is 11.5 Å². The van der Waals surface area contributed by atoms with Crippen molar-refractivity contribution in [1.82, 2.24) is 10.4 Å². The van der Waals surface area contributed by atoms with Crippen LogP contribution in [0.1, 0.15) is 22.7 Å². The van der Waals surface area contributed by atoms with Crippen LogP contribution in [0.2, 0.25) is 0 Å². The minimum absolute atomic E-state index is 0.191. The molecule has 0 fully saturated rings. The fourth-order valence-corrected chi connectivity index (χ4v) is 2.16. The number of nitrogens with two attached hydrogens (primary N) is 1.